The van der Waals surface area contributed by atoms with E-state index >= 15 is 0 Å². The van der Waals surface area contributed by atoms with Crippen molar-refractivity contribution in [1.82, 2.24) is 0 Å². The van der Waals surface area contributed by atoms with Crippen LogP contribution in [-0.4, -0.2) is 18.0 Å². The van der Waals surface area contributed by atoms with Crippen LogP contribution < -0.4 is 0 Å². The van der Waals surface area contributed by atoms with E-state index in [0.717, 1.165) is 19.3 Å². The third-order valence-electron chi connectivity index (χ3n) is 2.58. The van der Waals surface area contributed by atoms with Crippen LogP contribution in [0.2, 0.25) is 0 Å². The Kier molecular flexibility index (Phi) is 6.86. The summed E-state index contributed by atoms with van der Waals surface area (Å²) in [4.78, 5) is 0. The maximum absolute atomic E-state index is 12.8. The Morgan fingerprint density at radius 2 is 1.32 bits per heavy atom. The molecule has 0 spiro atoms. The molecule has 0 aliphatic rings. The summed E-state index contributed by atoms with van der Waals surface area (Å²) >= 11 is 0. The molecule has 0 rings (SSSR count). The monoisotopic (exact) mass is 294 g/mol. The molecular formula is C12H17F7. The standard InChI is InChI=1S/C12H17F7/c1-2-3-4-5-6-7-8-9-10(13,14)11(15,16)12(17,18)19/h6-7H,2-5,8-9H2,1H3. The number of hydrogen-bond donors (Lipinski definition) is 0. The molecule has 7 heteroatoms. The smallest absolute Gasteiger partial charge is 0.199 e. The molecular weight excluding hydrogens is 277 g/mol. The van der Waals surface area contributed by atoms with Crippen LogP contribution in [0.25, 0.3) is 0 Å². The van der Waals surface area contributed by atoms with Crippen molar-refractivity contribution in [2.45, 2.75) is 63.5 Å². The largest absolute Gasteiger partial charge is 0.459 e. The number of allylic oxidation sites excluding steroid dienone is 2. The summed E-state index contributed by atoms with van der Waals surface area (Å²) in [5, 5.41) is 0. The Morgan fingerprint density at radius 1 is 0.789 bits per heavy atom. The number of halogens is 7. The van der Waals surface area contributed by atoms with Crippen LogP contribution in [0.15, 0.2) is 12.2 Å². The van der Waals surface area contributed by atoms with Crippen LogP contribution in [0.5, 0.6) is 0 Å². The van der Waals surface area contributed by atoms with E-state index in [4.69, 9.17) is 0 Å². The highest BCUT2D eigenvalue weighted by atomic mass is 19.4. The van der Waals surface area contributed by atoms with Gasteiger partial charge in [-0.3, -0.25) is 0 Å². The van der Waals surface area contributed by atoms with E-state index in [1.807, 2.05) is 6.92 Å². The average molecular weight is 294 g/mol. The molecule has 0 amide bonds. The molecule has 0 radical (unpaired) electrons. The first-order valence-electron chi connectivity index (χ1n) is 6.03. The molecule has 0 heterocycles. The predicted octanol–water partition coefficient (Wildman–Crippen LogP) is 5.74. The van der Waals surface area contributed by atoms with E-state index in [1.54, 1.807) is 0 Å². The summed E-state index contributed by atoms with van der Waals surface area (Å²) in [7, 11) is 0. The van der Waals surface area contributed by atoms with Gasteiger partial charge in [0, 0.05) is 6.42 Å². The summed E-state index contributed by atoms with van der Waals surface area (Å²) in [5.74, 6) is -11.1. The Labute approximate surface area is 107 Å². The Bertz CT molecular complexity index is 278. The van der Waals surface area contributed by atoms with Gasteiger partial charge in [-0.25, -0.2) is 0 Å². The van der Waals surface area contributed by atoms with E-state index in [9.17, 15) is 30.7 Å². The first kappa shape index (κ1) is 18.2. The maximum atomic E-state index is 12.8. The number of alkyl halides is 7. The Balaban J connectivity index is 4.24. The lowest BCUT2D eigenvalue weighted by Gasteiger charge is -2.27. The molecule has 0 bridgehead atoms. The van der Waals surface area contributed by atoms with Crippen molar-refractivity contribution >= 4 is 0 Å². The number of rotatable bonds is 8. The second kappa shape index (κ2) is 7.14. The third-order valence-corrected chi connectivity index (χ3v) is 2.58. The second-order valence-corrected chi connectivity index (χ2v) is 4.28. The lowest BCUT2D eigenvalue weighted by atomic mass is 10.1. The zero-order valence-electron chi connectivity index (χ0n) is 10.5. The lowest BCUT2D eigenvalue weighted by molar-refractivity contribution is -0.355. The minimum atomic E-state index is -6.23. The molecule has 0 aliphatic heterocycles. The number of hydrogen-bond acceptors (Lipinski definition) is 0. The molecule has 0 aromatic heterocycles. The third kappa shape index (κ3) is 5.40. The van der Waals surface area contributed by atoms with Gasteiger partial charge in [-0.05, 0) is 19.3 Å². The maximum Gasteiger partial charge on any atom is 0.459 e. The van der Waals surface area contributed by atoms with Crippen LogP contribution in [0.3, 0.4) is 0 Å². The van der Waals surface area contributed by atoms with Crippen molar-refractivity contribution in [3.8, 4) is 0 Å². The SMILES string of the molecule is CCCCCC=CCCC(F)(F)C(F)(F)C(F)(F)F. The summed E-state index contributed by atoms with van der Waals surface area (Å²) in [6, 6.07) is 0. The van der Waals surface area contributed by atoms with Crippen LogP contribution in [-0.2, 0) is 0 Å². The second-order valence-electron chi connectivity index (χ2n) is 4.28. The first-order valence-corrected chi connectivity index (χ1v) is 6.03. The van der Waals surface area contributed by atoms with E-state index in [0.29, 0.717) is 6.42 Å². The van der Waals surface area contributed by atoms with E-state index in [1.165, 1.54) is 12.2 Å². The van der Waals surface area contributed by atoms with Crippen molar-refractivity contribution in [3.63, 3.8) is 0 Å². The molecule has 0 N–H and O–H groups in total. The van der Waals surface area contributed by atoms with E-state index < -0.39 is 30.9 Å². The van der Waals surface area contributed by atoms with Crippen LogP contribution in [0.4, 0.5) is 30.7 Å². The van der Waals surface area contributed by atoms with Crippen molar-refractivity contribution in [2.24, 2.45) is 0 Å². The van der Waals surface area contributed by atoms with Gasteiger partial charge in [-0.1, -0.05) is 31.9 Å². The fourth-order valence-corrected chi connectivity index (χ4v) is 1.38. The highest BCUT2D eigenvalue weighted by molar-refractivity contribution is 4.93. The molecule has 0 unspecified atom stereocenters. The van der Waals surface area contributed by atoms with Gasteiger partial charge in [0.2, 0.25) is 0 Å². The molecule has 0 nitrogen and oxygen atoms in total. The normalized spacial score (nSPS) is 14.3. The van der Waals surface area contributed by atoms with Gasteiger partial charge in [0.25, 0.3) is 0 Å². The zero-order chi connectivity index (χ0) is 15.2. The molecule has 0 fully saturated rings. The van der Waals surface area contributed by atoms with Crippen LogP contribution in [0.1, 0.15) is 45.4 Å². The minimum absolute atomic E-state index is 0.509. The topological polar surface area (TPSA) is 0 Å². The Morgan fingerprint density at radius 3 is 1.79 bits per heavy atom. The van der Waals surface area contributed by atoms with Gasteiger partial charge in [0.15, 0.2) is 0 Å². The Hall–Kier alpha value is -0.750. The lowest BCUT2D eigenvalue weighted by Crippen LogP contribution is -2.51. The summed E-state index contributed by atoms with van der Waals surface area (Å²) < 4.78 is 86.0. The van der Waals surface area contributed by atoms with Gasteiger partial charge in [0.1, 0.15) is 0 Å². The van der Waals surface area contributed by atoms with E-state index in [-0.39, 0.29) is 0 Å². The number of unbranched alkanes of at least 4 members (excludes halogenated alkanes) is 3. The van der Waals surface area contributed by atoms with Gasteiger partial charge < -0.3 is 0 Å². The summed E-state index contributed by atoms with van der Waals surface area (Å²) in [5.41, 5.74) is 0. The highest BCUT2D eigenvalue weighted by Crippen LogP contribution is 2.48. The van der Waals surface area contributed by atoms with Crippen molar-refractivity contribution < 1.29 is 30.7 Å². The zero-order valence-corrected chi connectivity index (χ0v) is 10.5. The van der Waals surface area contributed by atoms with Crippen molar-refractivity contribution in [3.05, 3.63) is 12.2 Å². The molecule has 114 valence electrons. The fraction of sp³-hybridized carbons (Fsp3) is 0.833. The van der Waals surface area contributed by atoms with Crippen molar-refractivity contribution in [1.29, 1.82) is 0 Å². The first-order chi connectivity index (χ1) is 8.56. The summed E-state index contributed by atoms with van der Waals surface area (Å²) in [6.07, 6.45) is -2.16. The molecule has 0 aromatic carbocycles. The van der Waals surface area contributed by atoms with E-state index in [2.05, 4.69) is 0 Å². The van der Waals surface area contributed by atoms with Gasteiger partial charge in [-0.2, -0.15) is 30.7 Å². The quantitative estimate of drug-likeness (QED) is 0.304. The van der Waals surface area contributed by atoms with Crippen molar-refractivity contribution in [2.75, 3.05) is 0 Å². The van der Waals surface area contributed by atoms with Gasteiger partial charge in [0.05, 0.1) is 0 Å². The minimum Gasteiger partial charge on any atom is -0.199 e. The average Bonchev–Trinajstić information content (AvgIpc) is 2.26. The van der Waals surface area contributed by atoms with Gasteiger partial charge >= 0.3 is 18.0 Å². The molecule has 0 atom stereocenters. The van der Waals surface area contributed by atoms with Gasteiger partial charge in [-0.15, -0.1) is 0 Å². The molecule has 0 saturated carbocycles. The molecule has 0 aromatic rings. The fourth-order valence-electron chi connectivity index (χ4n) is 1.38. The predicted molar refractivity (Wildman–Crippen MR) is 58.5 cm³/mol. The molecule has 0 saturated heterocycles. The summed E-state index contributed by atoms with van der Waals surface area (Å²) in [6.45, 7) is 1.98. The van der Waals surface area contributed by atoms with Crippen LogP contribution in [0, 0.1) is 0 Å². The highest BCUT2D eigenvalue weighted by Gasteiger charge is 2.72. The van der Waals surface area contributed by atoms with Crippen LogP contribution >= 0.6 is 0 Å². The molecule has 19 heavy (non-hydrogen) atoms. The molecule has 0 aliphatic carbocycles.